The Labute approximate surface area is 216 Å². The van der Waals surface area contributed by atoms with Gasteiger partial charge in [0.25, 0.3) is 0 Å². The van der Waals surface area contributed by atoms with Crippen LogP contribution in [-0.2, 0) is 9.84 Å². The van der Waals surface area contributed by atoms with Crippen LogP contribution in [0.15, 0.2) is 72.0 Å². The van der Waals surface area contributed by atoms with Crippen molar-refractivity contribution in [2.75, 3.05) is 25.9 Å². The highest BCUT2D eigenvalue weighted by Crippen LogP contribution is 2.41. The number of aromatic nitrogens is 3. The summed E-state index contributed by atoms with van der Waals surface area (Å²) in [5.41, 5.74) is 4.02. The van der Waals surface area contributed by atoms with Gasteiger partial charge in [0.15, 0.2) is 15.5 Å². The molecule has 2 aromatic carbocycles. The van der Waals surface area contributed by atoms with Crippen molar-refractivity contribution < 1.29 is 18.3 Å². The van der Waals surface area contributed by atoms with E-state index < -0.39 is 9.84 Å². The van der Waals surface area contributed by atoms with Gasteiger partial charge >= 0.3 is 0 Å². The Kier molecular flexibility index (Phi) is 6.01. The highest BCUT2D eigenvalue weighted by atomic mass is 32.2. The Bertz CT molecular complexity index is 1540. The zero-order valence-electron chi connectivity index (χ0n) is 20.7. The van der Waals surface area contributed by atoms with Gasteiger partial charge in [-0.3, -0.25) is 4.90 Å². The van der Waals surface area contributed by atoms with E-state index in [9.17, 15) is 13.5 Å². The fraction of sp³-hybridized carbons (Fsp3) is 0.357. The van der Waals surface area contributed by atoms with Crippen LogP contribution >= 0.6 is 0 Å². The number of ether oxygens (including phenoxy) is 1. The molecule has 0 unspecified atom stereocenters. The third-order valence-corrected chi connectivity index (χ3v) is 8.44. The van der Waals surface area contributed by atoms with Gasteiger partial charge < -0.3 is 9.84 Å². The number of sulfone groups is 1. The number of fused-ring (bicyclic) bond motifs is 1. The molecule has 8 nitrogen and oxygen atoms in total. The van der Waals surface area contributed by atoms with Gasteiger partial charge in [-0.15, -0.1) is 0 Å². The molecule has 1 aliphatic carbocycles. The van der Waals surface area contributed by atoms with E-state index in [1.165, 1.54) is 6.26 Å². The molecule has 1 aliphatic heterocycles. The number of hydrogen-bond donors (Lipinski definition) is 1. The quantitative estimate of drug-likeness (QED) is 0.397. The first-order valence-electron chi connectivity index (χ1n) is 12.6. The lowest BCUT2D eigenvalue weighted by atomic mass is 10.1. The maximum atomic E-state index is 12.0. The minimum atomic E-state index is -3.30. The summed E-state index contributed by atoms with van der Waals surface area (Å²) in [5, 5.41) is 14.2. The molecule has 1 saturated heterocycles. The first kappa shape index (κ1) is 24.1. The van der Waals surface area contributed by atoms with E-state index in [0.29, 0.717) is 5.65 Å². The number of benzene rings is 2. The van der Waals surface area contributed by atoms with Crippen molar-refractivity contribution in [3.63, 3.8) is 0 Å². The third-order valence-electron chi connectivity index (χ3n) is 7.33. The number of rotatable bonds is 7. The van der Waals surface area contributed by atoms with Gasteiger partial charge in [-0.25, -0.2) is 17.9 Å². The zero-order chi connectivity index (χ0) is 25.6. The predicted octanol–water partition coefficient (Wildman–Crippen LogP) is 3.83. The molecule has 37 heavy (non-hydrogen) atoms. The second-order valence-corrected chi connectivity index (χ2v) is 12.3. The van der Waals surface area contributed by atoms with Gasteiger partial charge in [-0.05, 0) is 61.1 Å². The van der Waals surface area contributed by atoms with Crippen LogP contribution in [0.25, 0.3) is 27.9 Å². The summed E-state index contributed by atoms with van der Waals surface area (Å²) >= 11 is 0. The lowest BCUT2D eigenvalue weighted by molar-refractivity contribution is 0.0505. The summed E-state index contributed by atoms with van der Waals surface area (Å²) < 4.78 is 32.1. The molecule has 1 N–H and O–H groups in total. The number of piperidine rings is 1. The van der Waals surface area contributed by atoms with Crippen molar-refractivity contribution >= 4 is 15.5 Å². The van der Waals surface area contributed by atoms with Crippen LogP contribution in [0.5, 0.6) is 5.75 Å². The molecule has 3 heterocycles. The van der Waals surface area contributed by atoms with Crippen LogP contribution < -0.4 is 4.74 Å². The van der Waals surface area contributed by atoms with Crippen LogP contribution in [0.3, 0.4) is 0 Å². The molecule has 2 fully saturated rings. The van der Waals surface area contributed by atoms with E-state index >= 15 is 0 Å². The molecular formula is C28H30N4O4S. The second kappa shape index (κ2) is 9.24. The van der Waals surface area contributed by atoms with Crippen molar-refractivity contribution in [2.24, 2.45) is 0 Å². The second-order valence-electron chi connectivity index (χ2n) is 10.3. The number of aliphatic hydroxyl groups is 1. The average Bonchev–Trinajstić information content (AvgIpc) is 3.50. The van der Waals surface area contributed by atoms with Gasteiger partial charge in [-0.1, -0.05) is 24.3 Å². The van der Waals surface area contributed by atoms with Crippen LogP contribution in [0.4, 0.5) is 0 Å². The summed E-state index contributed by atoms with van der Waals surface area (Å²) in [5.74, 6) is 0.861. The van der Waals surface area contributed by atoms with Gasteiger partial charge in [-0.2, -0.15) is 5.10 Å². The first-order valence-corrected chi connectivity index (χ1v) is 14.5. The molecule has 192 valence electrons. The van der Waals surface area contributed by atoms with E-state index in [0.717, 1.165) is 73.3 Å². The number of hydrogen-bond acceptors (Lipinski definition) is 7. The Hall–Kier alpha value is -3.27. The molecule has 0 amide bonds. The monoisotopic (exact) mass is 518 g/mol. The number of nitrogens with zero attached hydrogens (tertiary/aromatic N) is 4. The van der Waals surface area contributed by atoms with E-state index in [2.05, 4.69) is 15.0 Å². The molecule has 1 saturated carbocycles. The lowest BCUT2D eigenvalue weighted by Gasteiger charge is -2.32. The molecule has 6 rings (SSSR count). The molecule has 4 aromatic rings. The summed E-state index contributed by atoms with van der Waals surface area (Å²) in [6.45, 7) is 2.77. The van der Waals surface area contributed by atoms with E-state index in [1.807, 2.05) is 42.7 Å². The minimum absolute atomic E-state index is 0.107. The summed E-state index contributed by atoms with van der Waals surface area (Å²) in [6.07, 6.45) is 10.3. The molecule has 0 spiro atoms. The van der Waals surface area contributed by atoms with Crippen LogP contribution in [0, 0.1) is 0 Å². The molecule has 0 atom stereocenters. The summed E-state index contributed by atoms with van der Waals surface area (Å²) in [4.78, 5) is 7.32. The normalized spacial score (nSPS) is 18.2. The van der Waals surface area contributed by atoms with Gasteiger partial charge in [0, 0.05) is 49.4 Å². The van der Waals surface area contributed by atoms with Crippen molar-refractivity contribution in [1.29, 1.82) is 0 Å². The third kappa shape index (κ3) is 5.12. The first-order chi connectivity index (χ1) is 17.8. The number of aliphatic hydroxyl groups excluding tert-OH is 1. The molecule has 2 aliphatic rings. The zero-order valence-corrected chi connectivity index (χ0v) is 21.6. The topological polar surface area (TPSA) is 97.0 Å². The Morgan fingerprint density at radius 3 is 2.49 bits per heavy atom. The van der Waals surface area contributed by atoms with E-state index in [1.54, 1.807) is 28.9 Å². The standard InChI is InChI=1S/C28H30N4O4S/c1-37(34,35)25-4-2-3-21(15-25)26-17-30-32-18-22(16-29-27(26)32)20-5-7-24(8-6-20)36-28(11-12-28)19-31-13-9-23(33)10-14-31/h2-8,15-18,23,33H,9-14,19H2,1H3. The van der Waals surface area contributed by atoms with E-state index in [-0.39, 0.29) is 16.6 Å². The Balaban J connectivity index is 1.18. The van der Waals surface area contributed by atoms with Crippen molar-refractivity contribution in [2.45, 2.75) is 42.3 Å². The highest BCUT2D eigenvalue weighted by molar-refractivity contribution is 7.90. The Morgan fingerprint density at radius 1 is 1.03 bits per heavy atom. The minimum Gasteiger partial charge on any atom is -0.486 e. The molecule has 0 radical (unpaired) electrons. The Morgan fingerprint density at radius 2 is 1.78 bits per heavy atom. The average molecular weight is 519 g/mol. The van der Waals surface area contributed by atoms with E-state index in [4.69, 9.17) is 4.74 Å². The van der Waals surface area contributed by atoms with Crippen molar-refractivity contribution in [1.82, 2.24) is 19.5 Å². The molecule has 0 bridgehead atoms. The molecule has 9 heteroatoms. The highest BCUT2D eigenvalue weighted by Gasteiger charge is 2.47. The van der Waals surface area contributed by atoms with Gasteiger partial charge in [0.1, 0.15) is 11.4 Å². The molecule has 2 aromatic heterocycles. The SMILES string of the molecule is CS(=O)(=O)c1cccc(-c2cnn3cc(-c4ccc(OC5(CN6CCC(O)CC6)CC5)cc4)cnc23)c1. The van der Waals surface area contributed by atoms with Gasteiger partial charge in [0.2, 0.25) is 0 Å². The fourth-order valence-electron chi connectivity index (χ4n) is 5.00. The largest absolute Gasteiger partial charge is 0.486 e. The van der Waals surface area contributed by atoms with Gasteiger partial charge in [0.05, 0.1) is 17.2 Å². The fourth-order valence-corrected chi connectivity index (χ4v) is 5.67. The summed E-state index contributed by atoms with van der Waals surface area (Å²) in [7, 11) is -3.30. The maximum absolute atomic E-state index is 12.0. The predicted molar refractivity (Wildman–Crippen MR) is 141 cm³/mol. The van der Waals surface area contributed by atoms with Crippen molar-refractivity contribution in [3.05, 3.63) is 67.1 Å². The lowest BCUT2D eigenvalue weighted by Crippen LogP contribution is -2.43. The van der Waals surface area contributed by atoms with Crippen molar-refractivity contribution in [3.8, 4) is 28.0 Å². The maximum Gasteiger partial charge on any atom is 0.175 e. The van der Waals surface area contributed by atoms with Crippen LogP contribution in [0.1, 0.15) is 25.7 Å². The smallest absolute Gasteiger partial charge is 0.175 e. The van der Waals surface area contributed by atoms with Crippen LogP contribution in [-0.4, -0.2) is 70.6 Å². The molecular weight excluding hydrogens is 488 g/mol. The number of likely N-dealkylation sites (tertiary alicyclic amines) is 1. The van der Waals surface area contributed by atoms with Crippen LogP contribution in [0.2, 0.25) is 0 Å². The summed E-state index contributed by atoms with van der Waals surface area (Å²) in [6, 6.07) is 14.9.